The Morgan fingerprint density at radius 3 is 2.10 bits per heavy atom. The van der Waals surface area contributed by atoms with Crippen LogP contribution in [0.2, 0.25) is 0 Å². The van der Waals surface area contributed by atoms with Crippen molar-refractivity contribution in [3.8, 4) is 5.75 Å². The summed E-state index contributed by atoms with van der Waals surface area (Å²) in [6, 6.07) is 10.6. The van der Waals surface area contributed by atoms with Crippen molar-refractivity contribution in [1.82, 2.24) is 0 Å². The maximum atomic E-state index is 5.95. The van der Waals surface area contributed by atoms with E-state index < -0.39 is 0 Å². The summed E-state index contributed by atoms with van der Waals surface area (Å²) in [5.41, 5.74) is 26.5. The van der Waals surface area contributed by atoms with Crippen LogP contribution in [-0.4, -0.2) is 0 Å². The first-order chi connectivity index (χ1) is 9.49. The van der Waals surface area contributed by atoms with Crippen LogP contribution < -0.4 is 27.7 Å². The van der Waals surface area contributed by atoms with Crippen LogP contribution in [0.1, 0.15) is 25.0 Å². The molecule has 0 aliphatic carbocycles. The maximum Gasteiger partial charge on any atom is 0.143 e. The number of anilines is 4. The van der Waals surface area contributed by atoms with Crippen LogP contribution in [0.3, 0.4) is 0 Å². The van der Waals surface area contributed by atoms with Crippen LogP contribution in [0.5, 0.6) is 5.75 Å². The second kappa shape index (κ2) is 5.61. The number of hydrogen-bond acceptors (Lipinski definition) is 5. The average molecular weight is 272 g/mol. The van der Waals surface area contributed by atoms with Crippen molar-refractivity contribution >= 4 is 22.7 Å². The van der Waals surface area contributed by atoms with Crippen LogP contribution in [-0.2, 0) is 0 Å². The van der Waals surface area contributed by atoms with Gasteiger partial charge in [0.1, 0.15) is 11.9 Å². The molecule has 0 bridgehead atoms. The molecule has 0 radical (unpaired) electrons. The Labute approximate surface area is 118 Å². The first-order valence-electron chi connectivity index (χ1n) is 6.47. The van der Waals surface area contributed by atoms with E-state index in [0.29, 0.717) is 28.5 Å². The lowest BCUT2D eigenvalue weighted by Crippen LogP contribution is -2.09. The zero-order valence-electron chi connectivity index (χ0n) is 11.5. The van der Waals surface area contributed by atoms with Crippen LogP contribution in [0.4, 0.5) is 22.7 Å². The lowest BCUT2D eigenvalue weighted by atomic mass is 10.1. The highest BCUT2D eigenvalue weighted by Gasteiger charge is 2.14. The molecule has 0 spiro atoms. The molecule has 5 nitrogen and oxygen atoms in total. The molecule has 0 aliphatic rings. The van der Waals surface area contributed by atoms with Crippen LogP contribution in [0.25, 0.3) is 0 Å². The van der Waals surface area contributed by atoms with E-state index in [4.69, 9.17) is 27.7 Å². The fraction of sp³-hybridized carbons (Fsp3) is 0.200. The molecule has 0 saturated carbocycles. The molecular formula is C15H20N4O. The predicted molar refractivity (Wildman–Crippen MR) is 84.2 cm³/mol. The number of ether oxygens (including phenoxy) is 1. The summed E-state index contributed by atoms with van der Waals surface area (Å²) >= 11 is 0. The number of rotatable bonds is 4. The molecule has 106 valence electrons. The van der Waals surface area contributed by atoms with E-state index in [-0.39, 0.29) is 6.10 Å². The SMILES string of the molecule is CCC(Oc1ccc(N)cc1N)c1cc(N)cc(N)c1. The zero-order chi connectivity index (χ0) is 14.7. The number of hydrogen-bond donors (Lipinski definition) is 4. The Morgan fingerprint density at radius 1 is 0.900 bits per heavy atom. The fourth-order valence-electron chi connectivity index (χ4n) is 2.10. The third-order valence-corrected chi connectivity index (χ3v) is 3.05. The number of benzene rings is 2. The van der Waals surface area contributed by atoms with E-state index in [0.717, 1.165) is 12.0 Å². The standard InChI is InChI=1S/C15H20N4O/c1-2-14(9-5-11(17)7-12(18)6-9)20-15-4-3-10(16)8-13(15)19/h3-8,14H,2,16-19H2,1H3. The quantitative estimate of drug-likeness (QED) is 0.639. The van der Waals surface area contributed by atoms with Gasteiger partial charge in [0, 0.05) is 17.1 Å². The van der Waals surface area contributed by atoms with Crippen LogP contribution in [0.15, 0.2) is 36.4 Å². The third-order valence-electron chi connectivity index (χ3n) is 3.05. The van der Waals surface area contributed by atoms with Gasteiger partial charge in [0.2, 0.25) is 0 Å². The van der Waals surface area contributed by atoms with Crippen molar-refractivity contribution in [2.45, 2.75) is 19.4 Å². The van der Waals surface area contributed by atoms with Gasteiger partial charge >= 0.3 is 0 Å². The van der Waals surface area contributed by atoms with E-state index in [1.165, 1.54) is 0 Å². The van der Waals surface area contributed by atoms with Gasteiger partial charge < -0.3 is 27.7 Å². The molecule has 1 atom stereocenters. The average Bonchev–Trinajstić information content (AvgIpc) is 2.36. The smallest absolute Gasteiger partial charge is 0.143 e. The van der Waals surface area contributed by atoms with E-state index in [1.807, 2.05) is 19.1 Å². The Hall–Kier alpha value is -2.56. The minimum atomic E-state index is -0.160. The van der Waals surface area contributed by atoms with Crippen molar-refractivity contribution in [3.05, 3.63) is 42.0 Å². The van der Waals surface area contributed by atoms with Gasteiger partial charge in [0.15, 0.2) is 0 Å². The summed E-state index contributed by atoms with van der Waals surface area (Å²) in [5, 5.41) is 0. The fourth-order valence-corrected chi connectivity index (χ4v) is 2.10. The van der Waals surface area contributed by atoms with Crippen LogP contribution in [0, 0.1) is 0 Å². The summed E-state index contributed by atoms with van der Waals surface area (Å²) in [5.74, 6) is 0.604. The molecule has 8 N–H and O–H groups in total. The minimum absolute atomic E-state index is 0.160. The van der Waals surface area contributed by atoms with Gasteiger partial charge in [-0.05, 0) is 48.4 Å². The maximum absolute atomic E-state index is 5.95. The molecule has 0 saturated heterocycles. The van der Waals surface area contributed by atoms with Gasteiger partial charge in [-0.15, -0.1) is 0 Å². The van der Waals surface area contributed by atoms with Crippen molar-refractivity contribution < 1.29 is 4.74 Å². The minimum Gasteiger partial charge on any atom is -0.484 e. The second-order valence-electron chi connectivity index (χ2n) is 4.75. The predicted octanol–water partition coefficient (Wildman–Crippen LogP) is 2.55. The lowest BCUT2D eigenvalue weighted by Gasteiger charge is -2.20. The van der Waals surface area contributed by atoms with Crippen molar-refractivity contribution in [2.24, 2.45) is 0 Å². The van der Waals surface area contributed by atoms with Gasteiger partial charge in [0.05, 0.1) is 5.69 Å². The molecule has 0 aromatic heterocycles. The van der Waals surface area contributed by atoms with E-state index in [9.17, 15) is 0 Å². The Bertz CT molecular complexity index is 593. The molecule has 0 amide bonds. The first-order valence-corrected chi connectivity index (χ1v) is 6.47. The van der Waals surface area contributed by atoms with E-state index in [1.54, 1.807) is 24.3 Å². The van der Waals surface area contributed by atoms with Gasteiger partial charge in [0.25, 0.3) is 0 Å². The number of nitrogens with two attached hydrogens (primary N) is 4. The monoisotopic (exact) mass is 272 g/mol. The summed E-state index contributed by atoms with van der Waals surface area (Å²) in [7, 11) is 0. The normalized spacial score (nSPS) is 12.1. The Kier molecular flexibility index (Phi) is 3.89. The molecule has 2 rings (SSSR count). The molecule has 0 aliphatic heterocycles. The van der Waals surface area contributed by atoms with Crippen LogP contribution >= 0.6 is 0 Å². The largest absolute Gasteiger partial charge is 0.484 e. The molecule has 2 aromatic rings. The highest BCUT2D eigenvalue weighted by atomic mass is 16.5. The molecule has 5 heteroatoms. The summed E-state index contributed by atoms with van der Waals surface area (Å²) < 4.78 is 5.95. The second-order valence-corrected chi connectivity index (χ2v) is 4.75. The van der Waals surface area contributed by atoms with Gasteiger partial charge in [-0.2, -0.15) is 0 Å². The van der Waals surface area contributed by atoms with Gasteiger partial charge in [-0.1, -0.05) is 6.92 Å². The van der Waals surface area contributed by atoms with Gasteiger partial charge in [-0.25, -0.2) is 0 Å². The number of nitrogen functional groups attached to an aromatic ring is 4. The molecule has 20 heavy (non-hydrogen) atoms. The highest BCUT2D eigenvalue weighted by molar-refractivity contribution is 5.61. The van der Waals surface area contributed by atoms with Crippen molar-refractivity contribution in [3.63, 3.8) is 0 Å². The van der Waals surface area contributed by atoms with Crippen molar-refractivity contribution in [1.29, 1.82) is 0 Å². The highest BCUT2D eigenvalue weighted by Crippen LogP contribution is 2.31. The zero-order valence-corrected chi connectivity index (χ0v) is 11.5. The topological polar surface area (TPSA) is 113 Å². The third kappa shape index (κ3) is 3.06. The molecule has 1 unspecified atom stereocenters. The molecule has 0 fully saturated rings. The Morgan fingerprint density at radius 2 is 1.55 bits per heavy atom. The van der Waals surface area contributed by atoms with Crippen molar-refractivity contribution in [2.75, 3.05) is 22.9 Å². The summed E-state index contributed by atoms with van der Waals surface area (Å²) in [4.78, 5) is 0. The van der Waals surface area contributed by atoms with E-state index >= 15 is 0 Å². The van der Waals surface area contributed by atoms with Gasteiger partial charge in [-0.3, -0.25) is 0 Å². The summed E-state index contributed by atoms with van der Waals surface area (Å²) in [6.07, 6.45) is 0.610. The first kappa shape index (κ1) is 13.9. The van der Waals surface area contributed by atoms with E-state index in [2.05, 4.69) is 0 Å². The Balaban J connectivity index is 2.28. The molecular weight excluding hydrogens is 252 g/mol. The lowest BCUT2D eigenvalue weighted by molar-refractivity contribution is 0.203. The summed E-state index contributed by atoms with van der Waals surface area (Å²) in [6.45, 7) is 2.03. The molecule has 2 aromatic carbocycles. The molecule has 0 heterocycles.